The molecule has 0 fully saturated rings. The van der Waals surface area contributed by atoms with Crippen LogP contribution < -0.4 is 5.32 Å². The fourth-order valence-electron chi connectivity index (χ4n) is 1.21. The van der Waals surface area contributed by atoms with Crippen LogP contribution >= 0.6 is 0 Å². The zero-order valence-electron chi connectivity index (χ0n) is 10.8. The van der Waals surface area contributed by atoms with Gasteiger partial charge in [-0.1, -0.05) is 12.1 Å². The predicted octanol–water partition coefficient (Wildman–Crippen LogP) is -0.0549. The van der Waals surface area contributed by atoms with Crippen LogP contribution in [0, 0.1) is 0 Å². The van der Waals surface area contributed by atoms with Crippen LogP contribution in [0.1, 0.15) is 20.7 Å². The average Bonchev–Trinajstić information content (AvgIpc) is 2.50. The van der Waals surface area contributed by atoms with E-state index >= 15 is 0 Å². The summed E-state index contributed by atoms with van der Waals surface area (Å²) in [7, 11) is 1.19. The van der Waals surface area contributed by atoms with Gasteiger partial charge in [-0.25, -0.2) is 4.79 Å². The van der Waals surface area contributed by atoms with Crippen molar-refractivity contribution in [1.82, 2.24) is 5.32 Å². The molecule has 0 heterocycles. The van der Waals surface area contributed by atoms with E-state index in [1.54, 1.807) is 0 Å². The molecular formula is C13H13NO6. The largest absolute Gasteiger partial charge is 0.468 e. The normalized spacial score (nSPS) is 9.45. The molecule has 7 nitrogen and oxygen atoms in total. The number of carbonyl (C=O) groups excluding carboxylic acids is 4. The van der Waals surface area contributed by atoms with Crippen molar-refractivity contribution in [2.75, 3.05) is 20.3 Å². The maximum atomic E-state index is 11.6. The quantitative estimate of drug-likeness (QED) is 0.579. The van der Waals surface area contributed by atoms with Crippen molar-refractivity contribution >= 4 is 24.1 Å². The van der Waals surface area contributed by atoms with E-state index in [-0.39, 0.29) is 12.1 Å². The molecule has 0 atom stereocenters. The van der Waals surface area contributed by atoms with Crippen LogP contribution in [0.25, 0.3) is 0 Å². The number of amides is 1. The average molecular weight is 279 g/mol. The number of benzene rings is 1. The van der Waals surface area contributed by atoms with Crippen LogP contribution in [-0.2, 0) is 19.1 Å². The molecule has 20 heavy (non-hydrogen) atoms. The lowest BCUT2D eigenvalue weighted by molar-refractivity contribution is -0.141. The van der Waals surface area contributed by atoms with E-state index in [1.165, 1.54) is 31.4 Å². The minimum Gasteiger partial charge on any atom is -0.468 e. The Hall–Kier alpha value is -2.70. The third kappa shape index (κ3) is 4.89. The van der Waals surface area contributed by atoms with Crippen molar-refractivity contribution in [3.8, 4) is 0 Å². The van der Waals surface area contributed by atoms with Gasteiger partial charge in [0.2, 0.25) is 0 Å². The number of hydrogen-bond donors (Lipinski definition) is 1. The van der Waals surface area contributed by atoms with E-state index in [2.05, 4.69) is 10.1 Å². The molecule has 0 aliphatic heterocycles. The highest BCUT2D eigenvalue weighted by atomic mass is 16.5. The fourth-order valence-corrected chi connectivity index (χ4v) is 1.21. The number of methoxy groups -OCH3 is 1. The summed E-state index contributed by atoms with van der Waals surface area (Å²) in [5, 5.41) is 2.22. The molecule has 0 aliphatic carbocycles. The van der Waals surface area contributed by atoms with Crippen molar-refractivity contribution in [2.45, 2.75) is 0 Å². The van der Waals surface area contributed by atoms with Gasteiger partial charge in [-0.3, -0.25) is 14.4 Å². The van der Waals surface area contributed by atoms with Crippen LogP contribution in [0.2, 0.25) is 0 Å². The van der Waals surface area contributed by atoms with Crippen LogP contribution in [0.4, 0.5) is 0 Å². The number of aldehydes is 1. The van der Waals surface area contributed by atoms with Crippen LogP contribution in [0.15, 0.2) is 24.3 Å². The summed E-state index contributed by atoms with van der Waals surface area (Å²) < 4.78 is 9.07. The van der Waals surface area contributed by atoms with Crippen molar-refractivity contribution in [2.24, 2.45) is 0 Å². The Bertz CT molecular complexity index is 508. The SMILES string of the molecule is COC(=O)CNC(=O)COC(=O)c1ccc(C=O)cc1. The smallest absolute Gasteiger partial charge is 0.338 e. The Kier molecular flexibility index (Phi) is 5.89. The lowest BCUT2D eigenvalue weighted by Gasteiger charge is -2.05. The third-order valence-corrected chi connectivity index (χ3v) is 2.27. The first-order valence-corrected chi connectivity index (χ1v) is 5.62. The second-order valence-corrected chi connectivity index (χ2v) is 3.67. The van der Waals surface area contributed by atoms with E-state index in [4.69, 9.17) is 4.74 Å². The molecule has 0 radical (unpaired) electrons. The minimum absolute atomic E-state index is 0.219. The topological polar surface area (TPSA) is 98.8 Å². The van der Waals surface area contributed by atoms with Gasteiger partial charge in [0.1, 0.15) is 12.8 Å². The van der Waals surface area contributed by atoms with Crippen molar-refractivity contribution < 1.29 is 28.7 Å². The van der Waals surface area contributed by atoms with Crippen molar-refractivity contribution in [3.63, 3.8) is 0 Å². The summed E-state index contributed by atoms with van der Waals surface area (Å²) in [6.45, 7) is -0.799. The van der Waals surface area contributed by atoms with E-state index in [0.29, 0.717) is 11.8 Å². The van der Waals surface area contributed by atoms with E-state index in [0.717, 1.165) is 0 Å². The highest BCUT2D eigenvalue weighted by Gasteiger charge is 2.11. The number of esters is 2. The van der Waals surface area contributed by atoms with Crippen LogP contribution in [0.5, 0.6) is 0 Å². The van der Waals surface area contributed by atoms with Gasteiger partial charge in [0.15, 0.2) is 6.61 Å². The lowest BCUT2D eigenvalue weighted by Crippen LogP contribution is -2.33. The van der Waals surface area contributed by atoms with Gasteiger partial charge >= 0.3 is 11.9 Å². The zero-order valence-corrected chi connectivity index (χ0v) is 10.8. The Morgan fingerprint density at radius 2 is 1.85 bits per heavy atom. The number of carbonyl (C=O) groups is 4. The lowest BCUT2D eigenvalue weighted by atomic mass is 10.1. The van der Waals surface area contributed by atoms with Gasteiger partial charge < -0.3 is 14.8 Å². The Labute approximate surface area is 114 Å². The first-order chi connectivity index (χ1) is 9.56. The summed E-state index contributed by atoms with van der Waals surface area (Å²) in [5.74, 6) is -1.92. The molecule has 0 saturated heterocycles. The predicted molar refractivity (Wildman–Crippen MR) is 67.1 cm³/mol. The molecule has 0 aliphatic rings. The number of rotatable bonds is 6. The maximum absolute atomic E-state index is 11.6. The van der Waals surface area contributed by atoms with Crippen molar-refractivity contribution in [3.05, 3.63) is 35.4 Å². The summed E-state index contributed by atoms with van der Waals surface area (Å²) in [6, 6.07) is 5.75. The molecule has 1 aromatic carbocycles. The Morgan fingerprint density at radius 3 is 2.40 bits per heavy atom. The molecule has 1 aromatic rings. The Morgan fingerprint density at radius 1 is 1.20 bits per heavy atom. The van der Waals surface area contributed by atoms with Gasteiger partial charge in [0.25, 0.3) is 5.91 Å². The summed E-state index contributed by atoms with van der Waals surface area (Å²) >= 11 is 0. The molecule has 0 aromatic heterocycles. The van der Waals surface area contributed by atoms with Crippen LogP contribution in [0.3, 0.4) is 0 Å². The number of hydrogen-bond acceptors (Lipinski definition) is 6. The van der Waals surface area contributed by atoms with E-state index < -0.39 is 24.5 Å². The van der Waals surface area contributed by atoms with Gasteiger partial charge in [-0.05, 0) is 12.1 Å². The summed E-state index contributed by atoms with van der Waals surface area (Å²) in [4.78, 5) is 44.0. The minimum atomic E-state index is -0.698. The molecule has 0 spiro atoms. The molecule has 7 heteroatoms. The van der Waals surface area contributed by atoms with Crippen LogP contribution in [-0.4, -0.2) is 44.4 Å². The number of ether oxygens (including phenoxy) is 2. The number of nitrogens with one attached hydrogen (secondary N) is 1. The maximum Gasteiger partial charge on any atom is 0.338 e. The monoisotopic (exact) mass is 279 g/mol. The second kappa shape index (κ2) is 7.67. The Balaban J connectivity index is 2.40. The molecule has 0 bridgehead atoms. The molecular weight excluding hydrogens is 266 g/mol. The molecule has 0 unspecified atom stereocenters. The third-order valence-electron chi connectivity index (χ3n) is 2.27. The molecule has 1 rings (SSSR count). The second-order valence-electron chi connectivity index (χ2n) is 3.67. The molecule has 106 valence electrons. The highest BCUT2D eigenvalue weighted by molar-refractivity contribution is 5.92. The molecule has 0 saturated carbocycles. The van der Waals surface area contributed by atoms with E-state index in [1.807, 2.05) is 0 Å². The van der Waals surface area contributed by atoms with Gasteiger partial charge in [0, 0.05) is 5.56 Å². The summed E-state index contributed by atoms with van der Waals surface area (Å²) in [5.41, 5.74) is 0.647. The van der Waals surface area contributed by atoms with Gasteiger partial charge in [-0.2, -0.15) is 0 Å². The van der Waals surface area contributed by atoms with E-state index in [9.17, 15) is 19.2 Å². The zero-order chi connectivity index (χ0) is 15.0. The van der Waals surface area contributed by atoms with Gasteiger partial charge in [-0.15, -0.1) is 0 Å². The van der Waals surface area contributed by atoms with Crippen molar-refractivity contribution in [1.29, 1.82) is 0 Å². The van der Waals surface area contributed by atoms with Gasteiger partial charge in [0.05, 0.1) is 12.7 Å². The molecule has 1 N–H and O–H groups in total. The highest BCUT2D eigenvalue weighted by Crippen LogP contribution is 2.04. The molecule has 1 amide bonds. The fraction of sp³-hybridized carbons (Fsp3) is 0.231. The summed E-state index contributed by atoms with van der Waals surface area (Å²) in [6.07, 6.45) is 0.648. The first-order valence-electron chi connectivity index (χ1n) is 5.62. The first kappa shape index (κ1) is 15.4. The standard InChI is InChI=1S/C13H13NO6/c1-19-12(17)6-14-11(16)8-20-13(18)10-4-2-9(7-15)3-5-10/h2-5,7H,6,8H2,1H3,(H,14,16).